The zero-order valence-corrected chi connectivity index (χ0v) is 23.4. The van der Waals surface area contributed by atoms with Crippen LogP contribution < -0.4 is 11.1 Å². The molecule has 3 atom stereocenters. The highest BCUT2D eigenvalue weighted by Gasteiger charge is 2.39. The molecule has 0 radical (unpaired) electrons. The van der Waals surface area contributed by atoms with Gasteiger partial charge in [0.25, 0.3) is 0 Å². The summed E-state index contributed by atoms with van der Waals surface area (Å²) in [5.41, 5.74) is 7.24. The molecule has 3 N–H and O–H groups in total. The van der Waals surface area contributed by atoms with Crippen molar-refractivity contribution in [3.8, 4) is 0 Å². The molecular formula is C32H40FN3O5. The Bertz CT molecular complexity index is 1170. The fourth-order valence-corrected chi connectivity index (χ4v) is 5.21. The average molecular weight is 566 g/mol. The number of nitrogens with two attached hydrogens (primary N) is 1. The van der Waals surface area contributed by atoms with E-state index in [-0.39, 0.29) is 31.1 Å². The second-order valence-electron chi connectivity index (χ2n) is 10.5. The van der Waals surface area contributed by atoms with E-state index >= 15 is 0 Å². The summed E-state index contributed by atoms with van der Waals surface area (Å²) < 4.78 is 18.8. The third-order valence-corrected chi connectivity index (χ3v) is 7.35. The molecule has 2 aromatic rings. The molecule has 2 aromatic carbocycles. The highest BCUT2D eigenvalue weighted by Crippen LogP contribution is 2.27. The Hall–Kier alpha value is -4.01. The second-order valence-corrected chi connectivity index (χ2v) is 10.5. The Morgan fingerprint density at radius 2 is 1.66 bits per heavy atom. The Morgan fingerprint density at radius 3 is 2.29 bits per heavy atom. The van der Waals surface area contributed by atoms with Crippen molar-refractivity contribution in [1.82, 2.24) is 10.2 Å². The van der Waals surface area contributed by atoms with Crippen LogP contribution in [0.5, 0.6) is 0 Å². The number of esters is 1. The van der Waals surface area contributed by atoms with Crippen molar-refractivity contribution in [2.75, 3.05) is 19.8 Å². The van der Waals surface area contributed by atoms with Crippen LogP contribution in [0.3, 0.4) is 0 Å². The van der Waals surface area contributed by atoms with Gasteiger partial charge < -0.3 is 20.7 Å². The summed E-state index contributed by atoms with van der Waals surface area (Å²) >= 11 is 0. The molecular weight excluding hydrogens is 525 g/mol. The van der Waals surface area contributed by atoms with Crippen LogP contribution in [-0.4, -0.2) is 54.1 Å². The number of carbonyl (C=O) groups is 4. The number of hydrogen-bond donors (Lipinski definition) is 2. The van der Waals surface area contributed by atoms with Gasteiger partial charge in [-0.3, -0.25) is 19.2 Å². The molecule has 0 bridgehead atoms. The number of nitrogens with one attached hydrogen (secondary N) is 1. The Labute approximate surface area is 241 Å². The van der Waals surface area contributed by atoms with E-state index in [4.69, 9.17) is 10.5 Å². The monoisotopic (exact) mass is 565 g/mol. The van der Waals surface area contributed by atoms with Gasteiger partial charge >= 0.3 is 5.97 Å². The average Bonchev–Trinajstić information content (AvgIpc) is 3.48. The van der Waals surface area contributed by atoms with Gasteiger partial charge in [-0.15, -0.1) is 0 Å². The number of hydrogen-bond acceptors (Lipinski definition) is 7. The SMILES string of the molecule is C=C(N)NCCC[C@H](CC(=O)[C@@H]1CCCN1C(=O)[C@@H](CC(=O)OCc1ccccc1)Cc1ccccc1)C(=O)CF. The lowest BCUT2D eigenvalue weighted by Crippen LogP contribution is -2.45. The van der Waals surface area contributed by atoms with Crippen molar-refractivity contribution in [2.45, 2.75) is 57.6 Å². The predicted octanol–water partition coefficient (Wildman–Crippen LogP) is 3.88. The molecule has 8 nitrogen and oxygen atoms in total. The van der Waals surface area contributed by atoms with E-state index in [0.717, 1.165) is 11.1 Å². The molecule has 1 amide bonds. The van der Waals surface area contributed by atoms with Crippen LogP contribution in [0.4, 0.5) is 4.39 Å². The summed E-state index contributed by atoms with van der Waals surface area (Å²) in [5, 5.41) is 2.86. The van der Waals surface area contributed by atoms with Crippen molar-refractivity contribution in [1.29, 1.82) is 0 Å². The normalized spacial score (nSPS) is 16.0. The van der Waals surface area contributed by atoms with Gasteiger partial charge in [-0.1, -0.05) is 67.2 Å². The van der Waals surface area contributed by atoms with Gasteiger partial charge in [-0.2, -0.15) is 0 Å². The summed E-state index contributed by atoms with van der Waals surface area (Å²) in [5.74, 6) is -2.86. The number of alkyl halides is 1. The molecule has 1 aliphatic heterocycles. The number of ketones is 2. The fraction of sp³-hybridized carbons (Fsp3) is 0.438. The first-order valence-corrected chi connectivity index (χ1v) is 14.1. The molecule has 220 valence electrons. The van der Waals surface area contributed by atoms with Crippen LogP contribution in [0.1, 0.15) is 49.7 Å². The zero-order chi connectivity index (χ0) is 29.6. The molecule has 0 aromatic heterocycles. The number of nitrogens with zero attached hydrogens (tertiary/aromatic N) is 1. The largest absolute Gasteiger partial charge is 0.461 e. The van der Waals surface area contributed by atoms with E-state index in [1.54, 1.807) is 0 Å². The smallest absolute Gasteiger partial charge is 0.306 e. The maximum Gasteiger partial charge on any atom is 0.306 e. The topological polar surface area (TPSA) is 119 Å². The number of carbonyl (C=O) groups excluding carboxylic acids is 4. The van der Waals surface area contributed by atoms with Gasteiger partial charge in [0.15, 0.2) is 11.6 Å². The van der Waals surface area contributed by atoms with E-state index in [9.17, 15) is 23.6 Å². The number of halogens is 1. The van der Waals surface area contributed by atoms with Gasteiger partial charge in [-0.25, -0.2) is 4.39 Å². The summed E-state index contributed by atoms with van der Waals surface area (Å²) in [6, 6.07) is 18.0. The lowest BCUT2D eigenvalue weighted by atomic mass is 9.89. The van der Waals surface area contributed by atoms with Gasteiger partial charge in [0.2, 0.25) is 5.91 Å². The van der Waals surface area contributed by atoms with E-state index < -0.39 is 36.3 Å². The summed E-state index contributed by atoms with van der Waals surface area (Å²) in [6.45, 7) is 3.34. The van der Waals surface area contributed by atoms with Crippen LogP contribution in [0.2, 0.25) is 0 Å². The minimum atomic E-state index is -1.15. The quantitative estimate of drug-likeness (QED) is 0.221. The number of Topliss-reactive ketones (excluding diaryl/α,β-unsaturated/α-hetero) is 2. The Morgan fingerprint density at radius 1 is 1.00 bits per heavy atom. The van der Waals surface area contributed by atoms with E-state index in [0.29, 0.717) is 51.0 Å². The lowest BCUT2D eigenvalue weighted by molar-refractivity contribution is -0.151. The zero-order valence-electron chi connectivity index (χ0n) is 23.4. The van der Waals surface area contributed by atoms with Gasteiger partial charge in [0.05, 0.1) is 24.2 Å². The molecule has 9 heteroatoms. The molecule has 1 heterocycles. The molecule has 0 aliphatic carbocycles. The lowest BCUT2D eigenvalue weighted by Gasteiger charge is -2.29. The molecule has 1 aliphatic rings. The Balaban J connectivity index is 1.68. The highest BCUT2D eigenvalue weighted by atomic mass is 19.1. The molecule has 41 heavy (non-hydrogen) atoms. The van der Waals surface area contributed by atoms with Crippen molar-refractivity contribution >= 4 is 23.4 Å². The molecule has 0 saturated carbocycles. The van der Waals surface area contributed by atoms with Crippen molar-refractivity contribution in [2.24, 2.45) is 17.6 Å². The molecule has 1 fully saturated rings. The van der Waals surface area contributed by atoms with Crippen LogP contribution in [0, 0.1) is 11.8 Å². The first kappa shape index (κ1) is 31.5. The molecule has 1 saturated heterocycles. The van der Waals surface area contributed by atoms with Crippen molar-refractivity contribution < 1.29 is 28.3 Å². The van der Waals surface area contributed by atoms with Gasteiger partial charge in [-0.05, 0) is 43.2 Å². The molecule has 0 spiro atoms. The fourth-order valence-electron chi connectivity index (χ4n) is 5.21. The number of rotatable bonds is 17. The minimum absolute atomic E-state index is 0.107. The number of benzene rings is 2. The summed E-state index contributed by atoms with van der Waals surface area (Å²) in [7, 11) is 0. The highest BCUT2D eigenvalue weighted by molar-refractivity contribution is 5.94. The van der Waals surface area contributed by atoms with E-state index in [2.05, 4.69) is 11.9 Å². The maximum absolute atomic E-state index is 13.8. The number of likely N-dealkylation sites (tertiary alicyclic amines) is 1. The summed E-state index contributed by atoms with van der Waals surface area (Å²) in [4.78, 5) is 53.9. The van der Waals surface area contributed by atoms with Gasteiger partial charge in [0, 0.05) is 25.4 Å². The third-order valence-electron chi connectivity index (χ3n) is 7.35. The number of amides is 1. The Kier molecular flexibility index (Phi) is 12.5. The van der Waals surface area contributed by atoms with E-state index in [1.165, 1.54) is 4.90 Å². The van der Waals surface area contributed by atoms with Crippen molar-refractivity contribution in [3.63, 3.8) is 0 Å². The predicted molar refractivity (Wildman–Crippen MR) is 154 cm³/mol. The van der Waals surface area contributed by atoms with Crippen LogP contribution in [-0.2, 0) is 36.9 Å². The first-order chi connectivity index (χ1) is 19.8. The van der Waals surface area contributed by atoms with Crippen LogP contribution >= 0.6 is 0 Å². The van der Waals surface area contributed by atoms with Gasteiger partial charge in [0.1, 0.15) is 13.3 Å². The van der Waals surface area contributed by atoms with E-state index in [1.807, 2.05) is 60.7 Å². The maximum atomic E-state index is 13.8. The minimum Gasteiger partial charge on any atom is -0.461 e. The number of ether oxygens (including phenoxy) is 1. The third kappa shape index (κ3) is 10.2. The summed E-state index contributed by atoms with van der Waals surface area (Å²) in [6.07, 6.45) is 1.98. The standard InChI is InChI=1S/C32H40FN3O5/c1-23(34)35-16-8-14-26(30(38)21-33)19-29(37)28-15-9-17-36(28)32(40)27(18-24-10-4-2-5-11-24)20-31(39)41-22-25-12-6-3-7-13-25/h2-7,10-13,26-28,35H,1,8-9,14-22,34H2/t26-,27-,28+/m1/s1. The van der Waals surface area contributed by atoms with Crippen molar-refractivity contribution in [3.05, 3.63) is 84.2 Å². The molecule has 0 unspecified atom stereocenters. The van der Waals surface area contributed by atoms with Crippen LogP contribution in [0.15, 0.2) is 73.1 Å². The molecule has 3 rings (SSSR count). The second kappa shape index (κ2) is 16.3. The first-order valence-electron chi connectivity index (χ1n) is 14.1. The van der Waals surface area contributed by atoms with Crippen LogP contribution in [0.25, 0.3) is 0 Å².